The van der Waals surface area contributed by atoms with Crippen LogP contribution in [-0.2, 0) is 4.79 Å². The summed E-state index contributed by atoms with van der Waals surface area (Å²) in [5, 5.41) is 6.03. The molecule has 0 unspecified atom stereocenters. The first-order valence-electron chi connectivity index (χ1n) is 7.20. The van der Waals surface area contributed by atoms with Gasteiger partial charge in [0, 0.05) is 18.8 Å². The molecule has 0 saturated heterocycles. The van der Waals surface area contributed by atoms with Gasteiger partial charge in [-0.3, -0.25) is 9.59 Å². The Morgan fingerprint density at radius 2 is 1.95 bits per heavy atom. The van der Waals surface area contributed by atoms with Crippen LogP contribution in [-0.4, -0.2) is 24.9 Å². The summed E-state index contributed by atoms with van der Waals surface area (Å²) in [5.41, 5.74) is 7.02. The SMILES string of the molecule is CCCNc1cc(C)ccc1C(=O)NCC(C)(C)C(N)=O. The van der Waals surface area contributed by atoms with Gasteiger partial charge in [-0.05, 0) is 44.9 Å². The Morgan fingerprint density at radius 3 is 2.52 bits per heavy atom. The fourth-order valence-corrected chi connectivity index (χ4v) is 1.75. The van der Waals surface area contributed by atoms with Crippen LogP contribution >= 0.6 is 0 Å². The molecule has 1 rings (SSSR count). The van der Waals surface area contributed by atoms with E-state index in [1.54, 1.807) is 19.9 Å². The molecule has 0 spiro atoms. The van der Waals surface area contributed by atoms with E-state index < -0.39 is 11.3 Å². The Morgan fingerprint density at radius 1 is 1.29 bits per heavy atom. The number of nitrogens with two attached hydrogens (primary N) is 1. The summed E-state index contributed by atoms with van der Waals surface area (Å²) in [5.74, 6) is -0.640. The molecule has 0 aromatic heterocycles. The lowest BCUT2D eigenvalue weighted by Crippen LogP contribution is -2.42. The predicted octanol–water partition coefficient (Wildman–Crippen LogP) is 2.06. The predicted molar refractivity (Wildman–Crippen MR) is 85.3 cm³/mol. The molecule has 0 aliphatic heterocycles. The van der Waals surface area contributed by atoms with Gasteiger partial charge in [-0.2, -0.15) is 0 Å². The van der Waals surface area contributed by atoms with Gasteiger partial charge < -0.3 is 16.4 Å². The highest BCUT2D eigenvalue weighted by Crippen LogP contribution is 2.19. The molecular weight excluding hydrogens is 266 g/mol. The summed E-state index contributed by atoms with van der Waals surface area (Å²) in [6.07, 6.45) is 0.976. The minimum Gasteiger partial charge on any atom is -0.384 e. The van der Waals surface area contributed by atoms with Crippen LogP contribution in [0.3, 0.4) is 0 Å². The highest BCUT2D eigenvalue weighted by atomic mass is 16.2. The molecule has 0 fully saturated rings. The summed E-state index contributed by atoms with van der Waals surface area (Å²) in [7, 11) is 0. The Balaban J connectivity index is 2.84. The third-order valence-corrected chi connectivity index (χ3v) is 3.34. The molecule has 1 aromatic rings. The molecule has 21 heavy (non-hydrogen) atoms. The number of nitrogens with one attached hydrogen (secondary N) is 2. The van der Waals surface area contributed by atoms with Gasteiger partial charge in [0.2, 0.25) is 5.91 Å². The lowest BCUT2D eigenvalue weighted by molar-refractivity contribution is -0.125. The standard InChI is InChI=1S/C16H25N3O2/c1-5-8-18-13-9-11(2)6-7-12(13)14(20)19-10-16(3,4)15(17)21/h6-7,9,18H,5,8,10H2,1-4H3,(H2,17,21)(H,19,20). The molecule has 5 heteroatoms. The van der Waals surface area contributed by atoms with Crippen molar-refractivity contribution in [1.82, 2.24) is 5.32 Å². The monoisotopic (exact) mass is 291 g/mol. The molecule has 0 bridgehead atoms. The number of anilines is 1. The van der Waals surface area contributed by atoms with Crippen molar-refractivity contribution in [3.63, 3.8) is 0 Å². The van der Waals surface area contributed by atoms with E-state index in [2.05, 4.69) is 17.6 Å². The Hall–Kier alpha value is -2.04. The van der Waals surface area contributed by atoms with Crippen LogP contribution in [0, 0.1) is 12.3 Å². The topological polar surface area (TPSA) is 84.2 Å². The normalized spacial score (nSPS) is 11.0. The molecule has 0 heterocycles. The average Bonchev–Trinajstić information content (AvgIpc) is 2.42. The van der Waals surface area contributed by atoms with Crippen LogP contribution in [0.15, 0.2) is 18.2 Å². The van der Waals surface area contributed by atoms with Crippen LogP contribution in [0.5, 0.6) is 0 Å². The number of carbonyl (C=O) groups is 2. The van der Waals surface area contributed by atoms with Crippen LogP contribution in [0.25, 0.3) is 0 Å². The van der Waals surface area contributed by atoms with E-state index in [1.807, 2.05) is 19.1 Å². The molecule has 2 amide bonds. The van der Waals surface area contributed by atoms with Crippen molar-refractivity contribution in [2.24, 2.45) is 11.1 Å². The maximum Gasteiger partial charge on any atom is 0.253 e. The second kappa shape index (κ2) is 7.11. The van der Waals surface area contributed by atoms with E-state index in [-0.39, 0.29) is 12.5 Å². The van der Waals surface area contributed by atoms with Crippen LogP contribution < -0.4 is 16.4 Å². The molecular formula is C16H25N3O2. The zero-order valence-electron chi connectivity index (χ0n) is 13.2. The summed E-state index contributed by atoms with van der Waals surface area (Å²) in [6, 6.07) is 5.63. The Labute approximate surface area is 126 Å². The van der Waals surface area contributed by atoms with Crippen molar-refractivity contribution in [3.8, 4) is 0 Å². The number of benzene rings is 1. The lowest BCUT2D eigenvalue weighted by atomic mass is 9.92. The van der Waals surface area contributed by atoms with E-state index in [4.69, 9.17) is 5.73 Å². The van der Waals surface area contributed by atoms with E-state index >= 15 is 0 Å². The van der Waals surface area contributed by atoms with Crippen LogP contribution in [0.2, 0.25) is 0 Å². The molecule has 0 aliphatic rings. The summed E-state index contributed by atoms with van der Waals surface area (Å²) >= 11 is 0. The van der Waals surface area contributed by atoms with Crippen molar-refractivity contribution >= 4 is 17.5 Å². The molecule has 4 N–H and O–H groups in total. The number of hydrogen-bond donors (Lipinski definition) is 3. The van der Waals surface area contributed by atoms with E-state index in [0.717, 1.165) is 24.2 Å². The molecule has 0 radical (unpaired) electrons. The Kier molecular flexibility index (Phi) is 5.76. The largest absolute Gasteiger partial charge is 0.384 e. The zero-order valence-corrected chi connectivity index (χ0v) is 13.2. The molecule has 0 aliphatic carbocycles. The maximum atomic E-state index is 12.3. The van der Waals surface area contributed by atoms with Crippen molar-refractivity contribution in [1.29, 1.82) is 0 Å². The van der Waals surface area contributed by atoms with Crippen molar-refractivity contribution < 1.29 is 9.59 Å². The van der Waals surface area contributed by atoms with E-state index in [0.29, 0.717) is 5.56 Å². The van der Waals surface area contributed by atoms with Crippen molar-refractivity contribution in [2.45, 2.75) is 34.1 Å². The van der Waals surface area contributed by atoms with Crippen molar-refractivity contribution in [3.05, 3.63) is 29.3 Å². The maximum absolute atomic E-state index is 12.3. The van der Waals surface area contributed by atoms with Crippen molar-refractivity contribution in [2.75, 3.05) is 18.4 Å². The van der Waals surface area contributed by atoms with E-state index in [9.17, 15) is 9.59 Å². The first-order valence-corrected chi connectivity index (χ1v) is 7.20. The van der Waals surface area contributed by atoms with Crippen LogP contribution in [0.1, 0.15) is 43.1 Å². The summed E-state index contributed by atoms with van der Waals surface area (Å²) in [6.45, 7) is 8.48. The van der Waals surface area contributed by atoms with Gasteiger partial charge in [-0.25, -0.2) is 0 Å². The first kappa shape index (κ1) is 17.0. The summed E-state index contributed by atoms with van der Waals surface area (Å²) in [4.78, 5) is 23.6. The number of carbonyl (C=O) groups excluding carboxylic acids is 2. The van der Waals surface area contributed by atoms with Gasteiger partial charge in [-0.15, -0.1) is 0 Å². The number of rotatable bonds is 7. The van der Waals surface area contributed by atoms with Gasteiger partial charge >= 0.3 is 0 Å². The number of hydrogen-bond acceptors (Lipinski definition) is 3. The highest BCUT2D eigenvalue weighted by molar-refractivity contribution is 6.00. The molecule has 1 aromatic carbocycles. The highest BCUT2D eigenvalue weighted by Gasteiger charge is 2.26. The minimum atomic E-state index is -0.767. The zero-order chi connectivity index (χ0) is 16.0. The Bertz CT molecular complexity index is 524. The van der Waals surface area contributed by atoms with Gasteiger partial charge in [0.15, 0.2) is 0 Å². The quantitative estimate of drug-likeness (QED) is 0.719. The third-order valence-electron chi connectivity index (χ3n) is 3.34. The fourth-order valence-electron chi connectivity index (χ4n) is 1.75. The lowest BCUT2D eigenvalue weighted by Gasteiger charge is -2.21. The second-order valence-electron chi connectivity index (χ2n) is 5.91. The molecule has 0 saturated carbocycles. The number of amides is 2. The smallest absolute Gasteiger partial charge is 0.253 e. The van der Waals surface area contributed by atoms with Gasteiger partial charge in [0.25, 0.3) is 5.91 Å². The average molecular weight is 291 g/mol. The second-order valence-corrected chi connectivity index (χ2v) is 5.91. The minimum absolute atomic E-state index is 0.206. The molecule has 116 valence electrons. The first-order chi connectivity index (χ1) is 9.77. The molecule has 0 atom stereocenters. The number of primary amides is 1. The van der Waals surface area contributed by atoms with E-state index in [1.165, 1.54) is 0 Å². The molecule has 5 nitrogen and oxygen atoms in total. The van der Waals surface area contributed by atoms with Gasteiger partial charge in [0.05, 0.1) is 11.0 Å². The van der Waals surface area contributed by atoms with Gasteiger partial charge in [-0.1, -0.05) is 13.0 Å². The number of aryl methyl sites for hydroxylation is 1. The third kappa shape index (κ3) is 4.77. The fraction of sp³-hybridized carbons (Fsp3) is 0.500. The summed E-state index contributed by atoms with van der Waals surface area (Å²) < 4.78 is 0. The van der Waals surface area contributed by atoms with Crippen LogP contribution in [0.4, 0.5) is 5.69 Å². The van der Waals surface area contributed by atoms with Gasteiger partial charge in [0.1, 0.15) is 0 Å².